The molecule has 3 atom stereocenters. The van der Waals surface area contributed by atoms with Crippen LogP contribution in [0.25, 0.3) is 0 Å². The summed E-state index contributed by atoms with van der Waals surface area (Å²) in [5, 5.41) is 3.11. The van der Waals surface area contributed by atoms with Crippen molar-refractivity contribution in [2.75, 3.05) is 6.54 Å². The highest BCUT2D eigenvalue weighted by Crippen LogP contribution is 2.29. The van der Waals surface area contributed by atoms with E-state index in [-0.39, 0.29) is 11.8 Å². The van der Waals surface area contributed by atoms with Gasteiger partial charge in [-0.2, -0.15) is 0 Å². The number of amides is 1. The predicted molar refractivity (Wildman–Crippen MR) is 80.9 cm³/mol. The second kappa shape index (κ2) is 9.35. The Morgan fingerprint density at radius 2 is 1.84 bits per heavy atom. The van der Waals surface area contributed by atoms with E-state index < -0.39 is 0 Å². The molecular weight excluding hydrogens is 236 g/mol. The minimum Gasteiger partial charge on any atom is -0.356 e. The summed E-state index contributed by atoms with van der Waals surface area (Å²) in [4.78, 5) is 12.1. The highest BCUT2D eigenvalue weighted by atomic mass is 16.1. The van der Waals surface area contributed by atoms with Crippen molar-refractivity contribution in [1.29, 1.82) is 0 Å². The average Bonchev–Trinajstić information content (AvgIpc) is 2.37. The summed E-state index contributed by atoms with van der Waals surface area (Å²) in [6, 6.07) is 0.303. The number of unbranched alkanes of at least 4 members (excludes halogenated alkanes) is 5. The van der Waals surface area contributed by atoms with Crippen LogP contribution in [0, 0.1) is 11.8 Å². The molecule has 112 valence electrons. The fraction of sp³-hybridized carbons (Fsp3) is 0.938. The standard InChI is InChI=1S/C16H32N2O/c1-3-4-5-6-7-8-11-18-16(19)15-10-9-14(17)12-13(15)2/h13-15H,3-12,17H2,1-2H3,(H,18,19). The number of hydrogen-bond acceptors (Lipinski definition) is 2. The van der Waals surface area contributed by atoms with E-state index in [1.54, 1.807) is 0 Å². The zero-order valence-electron chi connectivity index (χ0n) is 12.8. The monoisotopic (exact) mass is 268 g/mol. The van der Waals surface area contributed by atoms with Gasteiger partial charge in [-0.05, 0) is 31.6 Å². The molecule has 0 aromatic carbocycles. The summed E-state index contributed by atoms with van der Waals surface area (Å²) in [7, 11) is 0. The van der Waals surface area contributed by atoms with E-state index in [9.17, 15) is 4.79 Å². The van der Waals surface area contributed by atoms with Crippen LogP contribution < -0.4 is 11.1 Å². The van der Waals surface area contributed by atoms with Crippen LogP contribution >= 0.6 is 0 Å². The topological polar surface area (TPSA) is 55.1 Å². The van der Waals surface area contributed by atoms with Gasteiger partial charge in [-0.25, -0.2) is 0 Å². The number of hydrogen-bond donors (Lipinski definition) is 2. The van der Waals surface area contributed by atoms with E-state index in [2.05, 4.69) is 19.2 Å². The molecule has 0 radical (unpaired) electrons. The Labute approximate surface area is 118 Å². The van der Waals surface area contributed by atoms with Crippen LogP contribution in [-0.2, 0) is 4.79 Å². The molecule has 1 aliphatic rings. The summed E-state index contributed by atoms with van der Waals surface area (Å²) in [5.74, 6) is 0.890. The number of rotatable bonds is 8. The van der Waals surface area contributed by atoms with Crippen molar-refractivity contribution in [3.8, 4) is 0 Å². The third kappa shape index (κ3) is 6.42. The predicted octanol–water partition coefficient (Wildman–Crippen LogP) is 3.23. The molecule has 0 aromatic rings. The van der Waals surface area contributed by atoms with Crippen LogP contribution in [0.15, 0.2) is 0 Å². The summed E-state index contributed by atoms with van der Waals surface area (Å²) in [6.07, 6.45) is 10.6. The molecule has 1 saturated carbocycles. The molecule has 3 N–H and O–H groups in total. The number of nitrogens with one attached hydrogen (secondary N) is 1. The van der Waals surface area contributed by atoms with Gasteiger partial charge in [0.05, 0.1) is 0 Å². The minimum atomic E-state index is 0.194. The fourth-order valence-electron chi connectivity index (χ4n) is 3.08. The SMILES string of the molecule is CCCCCCCCNC(=O)C1CCC(N)CC1C. The van der Waals surface area contributed by atoms with Gasteiger partial charge in [-0.3, -0.25) is 4.79 Å². The Kier molecular flexibility index (Phi) is 8.11. The van der Waals surface area contributed by atoms with Crippen LogP contribution in [0.3, 0.4) is 0 Å². The van der Waals surface area contributed by atoms with Gasteiger partial charge < -0.3 is 11.1 Å². The number of carbonyl (C=O) groups is 1. The molecule has 0 heterocycles. The van der Waals surface area contributed by atoms with Crippen LogP contribution in [0.2, 0.25) is 0 Å². The molecule has 1 fully saturated rings. The van der Waals surface area contributed by atoms with Crippen molar-refractivity contribution in [1.82, 2.24) is 5.32 Å². The Bertz CT molecular complexity index is 255. The smallest absolute Gasteiger partial charge is 0.223 e. The Balaban J connectivity index is 2.07. The normalized spacial score (nSPS) is 27.2. The largest absolute Gasteiger partial charge is 0.356 e. The highest BCUT2D eigenvalue weighted by Gasteiger charge is 2.30. The lowest BCUT2D eigenvalue weighted by Crippen LogP contribution is -2.41. The van der Waals surface area contributed by atoms with Crippen molar-refractivity contribution >= 4 is 5.91 Å². The molecule has 19 heavy (non-hydrogen) atoms. The van der Waals surface area contributed by atoms with Gasteiger partial charge in [-0.1, -0.05) is 46.0 Å². The number of carbonyl (C=O) groups excluding carboxylic acids is 1. The zero-order chi connectivity index (χ0) is 14.1. The molecule has 3 unspecified atom stereocenters. The molecule has 3 heteroatoms. The van der Waals surface area contributed by atoms with E-state index >= 15 is 0 Å². The molecule has 0 bridgehead atoms. The third-order valence-corrected chi connectivity index (χ3v) is 4.38. The van der Waals surface area contributed by atoms with Crippen molar-refractivity contribution in [2.45, 2.75) is 77.7 Å². The number of nitrogens with two attached hydrogens (primary N) is 1. The first kappa shape index (κ1) is 16.5. The lowest BCUT2D eigenvalue weighted by molar-refractivity contribution is -0.127. The van der Waals surface area contributed by atoms with E-state index in [0.717, 1.165) is 32.2 Å². The van der Waals surface area contributed by atoms with Gasteiger partial charge in [0.2, 0.25) is 5.91 Å². The van der Waals surface area contributed by atoms with Crippen LogP contribution in [0.4, 0.5) is 0 Å². The summed E-state index contributed by atoms with van der Waals surface area (Å²) in [6.45, 7) is 5.24. The minimum absolute atomic E-state index is 0.194. The summed E-state index contributed by atoms with van der Waals surface area (Å²) >= 11 is 0. The molecule has 1 aliphatic carbocycles. The first-order valence-corrected chi connectivity index (χ1v) is 8.18. The van der Waals surface area contributed by atoms with Crippen molar-refractivity contribution in [2.24, 2.45) is 17.6 Å². The zero-order valence-corrected chi connectivity index (χ0v) is 12.8. The maximum absolute atomic E-state index is 12.1. The molecular formula is C16H32N2O. The Hall–Kier alpha value is -0.570. The lowest BCUT2D eigenvalue weighted by atomic mass is 9.78. The van der Waals surface area contributed by atoms with E-state index in [1.165, 1.54) is 32.1 Å². The molecule has 0 aliphatic heterocycles. The average molecular weight is 268 g/mol. The summed E-state index contributed by atoms with van der Waals surface area (Å²) in [5.41, 5.74) is 5.94. The first-order chi connectivity index (χ1) is 9.15. The summed E-state index contributed by atoms with van der Waals surface area (Å²) < 4.78 is 0. The quantitative estimate of drug-likeness (QED) is 0.664. The van der Waals surface area contributed by atoms with Crippen molar-refractivity contribution < 1.29 is 4.79 Å². The maximum atomic E-state index is 12.1. The maximum Gasteiger partial charge on any atom is 0.223 e. The fourth-order valence-corrected chi connectivity index (χ4v) is 3.08. The van der Waals surface area contributed by atoms with Crippen LogP contribution in [0.5, 0.6) is 0 Å². The van der Waals surface area contributed by atoms with Gasteiger partial charge >= 0.3 is 0 Å². The van der Waals surface area contributed by atoms with Crippen molar-refractivity contribution in [3.05, 3.63) is 0 Å². The molecule has 1 amide bonds. The lowest BCUT2D eigenvalue weighted by Gasteiger charge is -2.31. The third-order valence-electron chi connectivity index (χ3n) is 4.38. The Morgan fingerprint density at radius 1 is 1.16 bits per heavy atom. The Morgan fingerprint density at radius 3 is 2.53 bits per heavy atom. The second-order valence-corrected chi connectivity index (χ2v) is 6.22. The van der Waals surface area contributed by atoms with Gasteiger partial charge in [0, 0.05) is 18.5 Å². The van der Waals surface area contributed by atoms with E-state index in [0.29, 0.717) is 12.0 Å². The van der Waals surface area contributed by atoms with Crippen LogP contribution in [0.1, 0.15) is 71.6 Å². The first-order valence-electron chi connectivity index (χ1n) is 8.18. The molecule has 0 aromatic heterocycles. The van der Waals surface area contributed by atoms with Gasteiger partial charge in [0.1, 0.15) is 0 Å². The van der Waals surface area contributed by atoms with E-state index in [4.69, 9.17) is 5.73 Å². The van der Waals surface area contributed by atoms with Gasteiger partial charge in [0.15, 0.2) is 0 Å². The van der Waals surface area contributed by atoms with E-state index in [1.807, 2.05) is 0 Å². The molecule has 1 rings (SSSR count). The molecule has 3 nitrogen and oxygen atoms in total. The van der Waals surface area contributed by atoms with Crippen LogP contribution in [-0.4, -0.2) is 18.5 Å². The highest BCUT2D eigenvalue weighted by molar-refractivity contribution is 5.79. The van der Waals surface area contributed by atoms with Gasteiger partial charge in [0.25, 0.3) is 0 Å². The second-order valence-electron chi connectivity index (χ2n) is 6.22. The van der Waals surface area contributed by atoms with Crippen molar-refractivity contribution in [3.63, 3.8) is 0 Å². The van der Waals surface area contributed by atoms with Gasteiger partial charge in [-0.15, -0.1) is 0 Å². The molecule has 0 spiro atoms. The molecule has 0 saturated heterocycles.